The number of hydrogen-bond acceptors (Lipinski definition) is 3. The first-order valence-corrected chi connectivity index (χ1v) is 20.6. The average molecular weight is 760 g/mol. The normalized spacial score (nSPS) is 12.4. The van der Waals surface area contributed by atoms with Gasteiger partial charge in [-0.3, -0.25) is 0 Å². The third-order valence-corrected chi connectivity index (χ3v) is 14.3. The number of fused-ring (bicyclic) bond motifs is 9. The van der Waals surface area contributed by atoms with Crippen LogP contribution < -0.4 is 9.80 Å². The molecule has 0 amide bonds. The van der Waals surface area contributed by atoms with Crippen LogP contribution in [0.3, 0.4) is 0 Å². The van der Waals surface area contributed by atoms with Crippen molar-refractivity contribution in [3.05, 3.63) is 188 Å². The Hall–Kier alpha value is -5.90. The molecule has 250 valence electrons. The zero-order valence-electron chi connectivity index (χ0n) is 28.7. The van der Waals surface area contributed by atoms with E-state index in [1.807, 2.05) is 11.3 Å². The van der Waals surface area contributed by atoms with Crippen LogP contribution in [0.4, 0.5) is 28.4 Å². The third-order valence-electron chi connectivity index (χ3n) is 10.7. The van der Waals surface area contributed by atoms with Gasteiger partial charge in [-0.1, -0.05) is 66.7 Å². The average Bonchev–Trinajstić information content (AvgIpc) is 3.80. The minimum Gasteiger partial charge on any atom is -0.0602 e. The zero-order valence-corrected chi connectivity index (χ0v) is 31.3. The van der Waals surface area contributed by atoms with Gasteiger partial charge >= 0.3 is 191 Å². The van der Waals surface area contributed by atoms with Gasteiger partial charge in [0.2, 0.25) is 0 Å². The van der Waals surface area contributed by atoms with Crippen LogP contribution in [0, 0.1) is 0 Å². The summed E-state index contributed by atoms with van der Waals surface area (Å²) in [5.41, 5.74) is 12.3. The van der Waals surface area contributed by atoms with E-state index in [1.165, 1.54) is 84.3 Å². The molecule has 10 aromatic rings. The van der Waals surface area contributed by atoms with Crippen molar-refractivity contribution in [1.29, 1.82) is 0 Å². The van der Waals surface area contributed by atoms with Crippen LogP contribution in [0.15, 0.2) is 182 Å². The second-order valence-electron chi connectivity index (χ2n) is 13.7. The first kappa shape index (κ1) is 30.7. The van der Waals surface area contributed by atoms with E-state index in [0.29, 0.717) is 14.5 Å². The predicted molar refractivity (Wildman–Crippen MR) is 229 cm³/mol. The number of anilines is 5. The number of hydrogen-bond donors (Lipinski definition) is 0. The summed E-state index contributed by atoms with van der Waals surface area (Å²) in [6, 6.07) is 67.4. The monoisotopic (exact) mass is 760 g/mol. The van der Waals surface area contributed by atoms with Gasteiger partial charge in [0.25, 0.3) is 0 Å². The summed E-state index contributed by atoms with van der Waals surface area (Å²) >= 11 is 2.25. The van der Waals surface area contributed by atoms with E-state index >= 15 is 0 Å². The fourth-order valence-electron chi connectivity index (χ4n) is 8.17. The molecule has 0 aliphatic carbocycles. The summed E-state index contributed by atoms with van der Waals surface area (Å²) in [5.74, 6) is 0. The van der Waals surface area contributed by atoms with Gasteiger partial charge in [-0.15, -0.1) is 0 Å². The van der Waals surface area contributed by atoms with Crippen LogP contribution in [0.5, 0.6) is 0 Å². The Kier molecular flexibility index (Phi) is 7.16. The number of para-hydroxylation sites is 1. The number of thiophene rings is 1. The molecule has 1 aliphatic rings. The van der Waals surface area contributed by atoms with Gasteiger partial charge in [0.05, 0.1) is 0 Å². The zero-order chi connectivity index (χ0) is 34.9. The molecule has 0 saturated carbocycles. The van der Waals surface area contributed by atoms with Crippen molar-refractivity contribution in [2.75, 3.05) is 9.80 Å². The van der Waals surface area contributed by atoms with Crippen molar-refractivity contribution >= 4 is 93.7 Å². The van der Waals surface area contributed by atoms with Crippen molar-refractivity contribution in [2.45, 2.75) is 6.54 Å². The molecule has 0 bridgehead atoms. The minimum atomic E-state index is 0.371. The van der Waals surface area contributed by atoms with Gasteiger partial charge in [-0.05, 0) is 29.3 Å². The van der Waals surface area contributed by atoms with E-state index in [0.717, 1.165) is 17.9 Å². The van der Waals surface area contributed by atoms with Gasteiger partial charge in [-0.2, -0.15) is 0 Å². The summed E-state index contributed by atoms with van der Waals surface area (Å²) < 4.78 is 5.55. The number of benzene rings is 8. The smallest absolute Gasteiger partial charge is 0.0602 e. The summed E-state index contributed by atoms with van der Waals surface area (Å²) in [4.78, 5) is 4.93. The van der Waals surface area contributed by atoms with E-state index in [-0.39, 0.29) is 0 Å². The molecule has 53 heavy (non-hydrogen) atoms. The second-order valence-corrected chi connectivity index (χ2v) is 17.0. The molecule has 1 aliphatic heterocycles. The maximum atomic E-state index is 2.47. The van der Waals surface area contributed by atoms with Crippen LogP contribution in [-0.4, -0.2) is 14.5 Å². The van der Waals surface area contributed by atoms with Gasteiger partial charge in [0, 0.05) is 27.9 Å². The minimum absolute atomic E-state index is 0.371. The van der Waals surface area contributed by atoms with Crippen LogP contribution in [-0.2, 0) is 6.54 Å². The molecule has 8 aromatic carbocycles. The molecule has 0 unspecified atom stereocenters. The fourth-order valence-corrected chi connectivity index (χ4v) is 11.7. The van der Waals surface area contributed by atoms with Gasteiger partial charge in [0.15, 0.2) is 0 Å². The summed E-state index contributed by atoms with van der Waals surface area (Å²) in [6.45, 7) is 0.823. The van der Waals surface area contributed by atoms with Crippen LogP contribution in [0.25, 0.3) is 61.7 Å². The topological polar surface area (TPSA) is 6.48 Å². The quantitative estimate of drug-likeness (QED) is 0.161. The van der Waals surface area contributed by atoms with E-state index in [4.69, 9.17) is 0 Å². The maximum absolute atomic E-state index is 2.47. The van der Waals surface area contributed by atoms with Crippen LogP contribution in [0.1, 0.15) is 5.56 Å². The first-order valence-electron chi connectivity index (χ1n) is 18.0. The van der Waals surface area contributed by atoms with E-state index in [1.54, 1.807) is 0 Å². The molecule has 0 atom stereocenters. The molecule has 11 rings (SSSR count). The van der Waals surface area contributed by atoms with E-state index < -0.39 is 0 Å². The van der Waals surface area contributed by atoms with Gasteiger partial charge in [0.1, 0.15) is 0 Å². The van der Waals surface area contributed by atoms with Crippen molar-refractivity contribution in [2.24, 2.45) is 0 Å². The summed E-state index contributed by atoms with van der Waals surface area (Å²) in [7, 11) is 0. The van der Waals surface area contributed by atoms with E-state index in [9.17, 15) is 0 Å². The summed E-state index contributed by atoms with van der Waals surface area (Å²) in [6.07, 6.45) is 0. The van der Waals surface area contributed by atoms with Crippen LogP contribution >= 0.6 is 11.3 Å². The predicted octanol–water partition coefficient (Wildman–Crippen LogP) is 13.9. The third kappa shape index (κ3) is 5.06. The van der Waals surface area contributed by atoms with Gasteiger partial charge < -0.3 is 4.90 Å². The molecular formula is C49H32N2SSe. The Morgan fingerprint density at radius 1 is 0.491 bits per heavy atom. The number of nitrogens with zero attached hydrogens (tertiary/aromatic N) is 2. The Balaban J connectivity index is 1.09. The Morgan fingerprint density at radius 3 is 2.11 bits per heavy atom. The molecule has 0 fully saturated rings. The summed E-state index contributed by atoms with van der Waals surface area (Å²) in [5, 5.41) is 5.38. The molecule has 0 N–H and O–H groups in total. The molecule has 4 heteroatoms. The fraction of sp³-hybridized carbons (Fsp3) is 0.0204. The standard InChI is InChI=1S/C49H32N2SSe/c1-2-12-35(13-3-1)50-31-34-11-4-5-14-38(34)39-27-26-37(30-45(39)50)51(44-18-10-17-42-40-15-6-8-19-46(40)52-49(42)44)36-24-21-32(22-25-36)33-23-28-48-43(29-33)41-16-7-9-20-47(41)53-48/h1-30H,31H2. The molecule has 3 heterocycles. The van der Waals surface area contributed by atoms with Crippen LogP contribution in [0.2, 0.25) is 0 Å². The molecule has 0 saturated heterocycles. The Morgan fingerprint density at radius 2 is 1.21 bits per heavy atom. The SMILES string of the molecule is c1ccc(N2Cc3ccccc3-c3ccc(N(c4ccc(-c5ccc6[se]c7ccccc7c6c5)cc4)c4cccc5c4sc4ccccc45)cc32)cc1. The molecule has 2 nitrogen and oxygen atoms in total. The molecule has 0 spiro atoms. The molecule has 2 aromatic heterocycles. The Labute approximate surface area is 318 Å². The second kappa shape index (κ2) is 12.4. The number of rotatable bonds is 5. The van der Waals surface area contributed by atoms with Crippen molar-refractivity contribution in [3.63, 3.8) is 0 Å². The molecular weight excluding hydrogens is 728 g/mol. The van der Waals surface area contributed by atoms with E-state index in [2.05, 4.69) is 192 Å². The van der Waals surface area contributed by atoms with Crippen molar-refractivity contribution in [1.82, 2.24) is 0 Å². The van der Waals surface area contributed by atoms with Gasteiger partial charge in [-0.25, -0.2) is 0 Å². The molecule has 0 radical (unpaired) electrons. The van der Waals surface area contributed by atoms with Crippen molar-refractivity contribution in [3.8, 4) is 22.3 Å². The Bertz CT molecular complexity index is 2990. The first-order chi connectivity index (χ1) is 26.3. The van der Waals surface area contributed by atoms with Crippen molar-refractivity contribution < 1.29 is 0 Å².